The van der Waals surface area contributed by atoms with Crippen LogP contribution in [0.4, 0.5) is 5.69 Å². The zero-order chi connectivity index (χ0) is 12.8. The lowest BCUT2D eigenvalue weighted by molar-refractivity contribution is -0.117. The molecule has 0 spiro atoms. The van der Waals surface area contributed by atoms with Crippen LogP contribution in [0.25, 0.3) is 0 Å². The summed E-state index contributed by atoms with van der Waals surface area (Å²) in [6.07, 6.45) is 2.60. The zero-order valence-electron chi connectivity index (χ0n) is 9.37. The minimum absolute atomic E-state index is 0.247. The summed E-state index contributed by atoms with van der Waals surface area (Å²) in [5, 5.41) is 3.63. The Balaban J connectivity index is 2.64. The number of benzene rings is 1. The molecule has 0 unspecified atom stereocenters. The highest BCUT2D eigenvalue weighted by atomic mass is 35.5. The average Bonchev–Trinajstić information content (AvgIpc) is 2.30. The Bertz CT molecular complexity index is 401. The SMILES string of the molecule is CSCC[C@@H](N)C(=O)Nc1cc(Cl)ccc1Cl. The Hall–Kier alpha value is -0.420. The normalized spacial score (nSPS) is 12.2. The van der Waals surface area contributed by atoms with E-state index < -0.39 is 6.04 Å². The minimum atomic E-state index is -0.530. The maximum atomic E-state index is 11.7. The lowest BCUT2D eigenvalue weighted by atomic mass is 10.2. The van der Waals surface area contributed by atoms with Gasteiger partial charge in [0.1, 0.15) is 0 Å². The van der Waals surface area contributed by atoms with E-state index in [-0.39, 0.29) is 5.91 Å². The van der Waals surface area contributed by atoms with E-state index in [2.05, 4.69) is 5.32 Å². The number of thioether (sulfide) groups is 1. The Labute approximate surface area is 115 Å². The fourth-order valence-corrected chi connectivity index (χ4v) is 2.02. The van der Waals surface area contributed by atoms with E-state index in [1.807, 2.05) is 6.26 Å². The monoisotopic (exact) mass is 292 g/mol. The van der Waals surface area contributed by atoms with Gasteiger partial charge in [-0.1, -0.05) is 23.2 Å². The largest absolute Gasteiger partial charge is 0.323 e. The molecule has 1 aromatic rings. The predicted octanol–water partition coefficient (Wildman–Crippen LogP) is 3.01. The van der Waals surface area contributed by atoms with E-state index >= 15 is 0 Å². The highest BCUT2D eigenvalue weighted by Crippen LogP contribution is 2.25. The number of nitrogens with one attached hydrogen (secondary N) is 1. The third kappa shape index (κ3) is 4.76. The number of amides is 1. The molecule has 0 bridgehead atoms. The molecule has 0 fully saturated rings. The Kier molecular flexibility index (Phi) is 6.12. The van der Waals surface area contributed by atoms with Crippen molar-refractivity contribution in [3.63, 3.8) is 0 Å². The first kappa shape index (κ1) is 14.6. The highest BCUT2D eigenvalue weighted by Gasteiger charge is 2.14. The summed E-state index contributed by atoms with van der Waals surface area (Å²) in [5.74, 6) is 0.598. The summed E-state index contributed by atoms with van der Waals surface area (Å²) in [7, 11) is 0. The second-order valence-electron chi connectivity index (χ2n) is 3.50. The van der Waals surface area contributed by atoms with Crippen LogP contribution >= 0.6 is 35.0 Å². The van der Waals surface area contributed by atoms with E-state index in [0.717, 1.165) is 5.75 Å². The molecule has 17 heavy (non-hydrogen) atoms. The van der Waals surface area contributed by atoms with Crippen LogP contribution in [0.15, 0.2) is 18.2 Å². The van der Waals surface area contributed by atoms with Crippen molar-refractivity contribution in [1.82, 2.24) is 0 Å². The van der Waals surface area contributed by atoms with Crippen LogP contribution in [0.2, 0.25) is 10.0 Å². The maximum Gasteiger partial charge on any atom is 0.241 e. The third-order valence-corrected chi connectivity index (χ3v) is 3.36. The molecule has 0 aliphatic rings. The molecule has 0 aliphatic carbocycles. The molecule has 0 aliphatic heterocycles. The summed E-state index contributed by atoms with van der Waals surface area (Å²) in [6.45, 7) is 0. The van der Waals surface area contributed by atoms with E-state index in [0.29, 0.717) is 22.2 Å². The average molecular weight is 293 g/mol. The van der Waals surface area contributed by atoms with Crippen LogP contribution in [-0.4, -0.2) is 24.0 Å². The van der Waals surface area contributed by atoms with Crippen molar-refractivity contribution in [2.75, 3.05) is 17.3 Å². The molecular formula is C11H14Cl2N2OS. The summed E-state index contributed by atoms with van der Waals surface area (Å²) in [6, 6.07) is 4.36. The fourth-order valence-electron chi connectivity index (χ4n) is 1.19. The van der Waals surface area contributed by atoms with Gasteiger partial charge < -0.3 is 11.1 Å². The number of hydrogen-bond acceptors (Lipinski definition) is 3. The van der Waals surface area contributed by atoms with Crippen molar-refractivity contribution in [2.45, 2.75) is 12.5 Å². The standard InChI is InChI=1S/C11H14Cl2N2OS/c1-17-5-4-9(14)11(16)15-10-6-7(12)2-3-8(10)13/h2-3,6,9H,4-5,14H2,1H3,(H,15,16)/t9-/m1/s1. The van der Waals surface area contributed by atoms with Crippen LogP contribution in [0.5, 0.6) is 0 Å². The minimum Gasteiger partial charge on any atom is -0.323 e. The Morgan fingerprint density at radius 1 is 1.53 bits per heavy atom. The molecule has 0 aromatic heterocycles. The first-order chi connectivity index (χ1) is 8.04. The smallest absolute Gasteiger partial charge is 0.241 e. The van der Waals surface area contributed by atoms with Crippen molar-refractivity contribution < 1.29 is 4.79 Å². The predicted molar refractivity (Wildman–Crippen MR) is 76.1 cm³/mol. The van der Waals surface area contributed by atoms with E-state index in [9.17, 15) is 4.79 Å². The van der Waals surface area contributed by atoms with Crippen LogP contribution in [0.1, 0.15) is 6.42 Å². The number of carbonyl (C=O) groups excluding carboxylic acids is 1. The van der Waals surface area contributed by atoms with Gasteiger partial charge in [0.15, 0.2) is 0 Å². The molecule has 1 rings (SSSR count). The van der Waals surface area contributed by atoms with Crippen molar-refractivity contribution >= 4 is 46.6 Å². The van der Waals surface area contributed by atoms with Gasteiger partial charge in [0, 0.05) is 5.02 Å². The maximum absolute atomic E-state index is 11.7. The molecule has 0 saturated carbocycles. The molecule has 6 heteroatoms. The van der Waals surface area contributed by atoms with Crippen LogP contribution in [0, 0.1) is 0 Å². The quantitative estimate of drug-likeness (QED) is 0.877. The van der Waals surface area contributed by atoms with Gasteiger partial charge >= 0.3 is 0 Å². The fraction of sp³-hybridized carbons (Fsp3) is 0.364. The molecule has 94 valence electrons. The Morgan fingerprint density at radius 3 is 2.88 bits per heavy atom. The molecule has 1 amide bonds. The van der Waals surface area contributed by atoms with Crippen LogP contribution in [-0.2, 0) is 4.79 Å². The number of anilines is 1. The molecule has 1 atom stereocenters. The van der Waals surface area contributed by atoms with Gasteiger partial charge in [0.2, 0.25) is 5.91 Å². The lowest BCUT2D eigenvalue weighted by Gasteiger charge is -2.12. The van der Waals surface area contributed by atoms with Gasteiger partial charge in [0.25, 0.3) is 0 Å². The van der Waals surface area contributed by atoms with Crippen LogP contribution < -0.4 is 11.1 Å². The van der Waals surface area contributed by atoms with E-state index in [1.54, 1.807) is 30.0 Å². The second kappa shape index (κ2) is 7.11. The number of rotatable bonds is 5. The first-order valence-electron chi connectivity index (χ1n) is 5.05. The summed E-state index contributed by atoms with van der Waals surface area (Å²) in [5.41, 5.74) is 6.23. The van der Waals surface area contributed by atoms with Gasteiger partial charge in [-0.2, -0.15) is 11.8 Å². The molecule has 3 N–H and O–H groups in total. The van der Waals surface area contributed by atoms with Gasteiger partial charge in [-0.05, 0) is 36.6 Å². The lowest BCUT2D eigenvalue weighted by Crippen LogP contribution is -2.36. The topological polar surface area (TPSA) is 55.1 Å². The molecular weight excluding hydrogens is 279 g/mol. The summed E-state index contributed by atoms with van der Waals surface area (Å²) in [4.78, 5) is 11.7. The second-order valence-corrected chi connectivity index (χ2v) is 5.33. The Morgan fingerprint density at radius 2 is 2.24 bits per heavy atom. The molecule has 1 aromatic carbocycles. The van der Waals surface area contributed by atoms with Gasteiger partial charge in [-0.15, -0.1) is 0 Å². The zero-order valence-corrected chi connectivity index (χ0v) is 11.7. The van der Waals surface area contributed by atoms with Gasteiger partial charge in [-0.3, -0.25) is 4.79 Å². The first-order valence-corrected chi connectivity index (χ1v) is 7.20. The molecule has 3 nitrogen and oxygen atoms in total. The third-order valence-electron chi connectivity index (χ3n) is 2.16. The van der Waals surface area contributed by atoms with Crippen molar-refractivity contribution in [1.29, 1.82) is 0 Å². The summed E-state index contributed by atoms with van der Waals surface area (Å²) >= 11 is 13.4. The molecule has 0 heterocycles. The number of carbonyl (C=O) groups is 1. The van der Waals surface area contributed by atoms with Crippen LogP contribution in [0.3, 0.4) is 0 Å². The van der Waals surface area contributed by atoms with E-state index in [1.165, 1.54) is 0 Å². The van der Waals surface area contributed by atoms with Gasteiger partial charge in [-0.25, -0.2) is 0 Å². The molecule has 0 saturated heterocycles. The highest BCUT2D eigenvalue weighted by molar-refractivity contribution is 7.98. The van der Waals surface area contributed by atoms with Gasteiger partial charge in [0.05, 0.1) is 16.8 Å². The number of nitrogens with two attached hydrogens (primary N) is 1. The van der Waals surface area contributed by atoms with Crippen molar-refractivity contribution in [3.8, 4) is 0 Å². The van der Waals surface area contributed by atoms with Crippen molar-refractivity contribution in [2.24, 2.45) is 5.73 Å². The number of hydrogen-bond donors (Lipinski definition) is 2. The van der Waals surface area contributed by atoms with Crippen molar-refractivity contribution in [3.05, 3.63) is 28.2 Å². The molecule has 0 radical (unpaired) electrons. The summed E-state index contributed by atoms with van der Waals surface area (Å²) < 4.78 is 0. The van der Waals surface area contributed by atoms with E-state index in [4.69, 9.17) is 28.9 Å². The number of halogens is 2.